The number of unbranched alkanes of at least 4 members (excludes halogenated alkanes) is 2. The molecule has 8 saturated carbocycles. The summed E-state index contributed by atoms with van der Waals surface area (Å²) in [6, 6.07) is 0. The minimum absolute atomic E-state index is 0.388. The van der Waals surface area contributed by atoms with Crippen molar-refractivity contribution < 1.29 is 10.2 Å². The molecule has 8 rings (SSSR count). The second-order valence-electron chi connectivity index (χ2n) is 17.8. The summed E-state index contributed by atoms with van der Waals surface area (Å²) < 4.78 is 0. The van der Waals surface area contributed by atoms with Crippen LogP contribution in [0.5, 0.6) is 0 Å². The first-order valence-electron chi connectivity index (χ1n) is 19.5. The first kappa shape index (κ1) is 28.4. The van der Waals surface area contributed by atoms with E-state index in [2.05, 4.69) is 0 Å². The maximum atomic E-state index is 12.4. The molecule has 14 atom stereocenters. The fourth-order valence-electron chi connectivity index (χ4n) is 15.1. The number of rotatable bonds is 6. The van der Waals surface area contributed by atoms with Gasteiger partial charge in [0, 0.05) is 0 Å². The van der Waals surface area contributed by atoms with Gasteiger partial charge in [-0.15, -0.1) is 0 Å². The van der Waals surface area contributed by atoms with Crippen molar-refractivity contribution in [3.05, 3.63) is 0 Å². The van der Waals surface area contributed by atoms with E-state index in [1.807, 2.05) is 0 Å². The second kappa shape index (κ2) is 11.4. The summed E-state index contributed by atoms with van der Waals surface area (Å²) in [5.41, 5.74) is -0.776. The van der Waals surface area contributed by atoms with E-state index in [1.165, 1.54) is 135 Å². The molecule has 0 bridgehead atoms. The zero-order valence-electron chi connectivity index (χ0n) is 26.5. The zero-order valence-corrected chi connectivity index (χ0v) is 26.5. The molecule has 8 aliphatic rings. The Morgan fingerprint density at radius 2 is 0.780 bits per heavy atom. The highest BCUT2D eigenvalue weighted by atomic mass is 16.3. The summed E-state index contributed by atoms with van der Waals surface area (Å²) in [5, 5.41) is 24.7. The molecule has 2 heteroatoms. The third-order valence-electron chi connectivity index (χ3n) is 16.4. The SMILES string of the molecule is OC1(CCCCCC2(O)CCCC3CC[C@H]4[C@@H]5CCC[C@H]5CC[C@H]4[C@H]32)CCCC2CC[C@H]3[C@@H]4CCC[C@H]4CC[C@H]3[C@H]21. The average Bonchev–Trinajstić information content (AvgIpc) is 3.67. The van der Waals surface area contributed by atoms with Crippen LogP contribution in [0.3, 0.4) is 0 Å². The van der Waals surface area contributed by atoms with Crippen molar-refractivity contribution in [3.8, 4) is 0 Å². The van der Waals surface area contributed by atoms with Gasteiger partial charge in [-0.2, -0.15) is 0 Å². The first-order chi connectivity index (χ1) is 20.0. The van der Waals surface area contributed by atoms with Gasteiger partial charge in [0.2, 0.25) is 0 Å². The van der Waals surface area contributed by atoms with Crippen molar-refractivity contribution in [1.29, 1.82) is 0 Å². The Labute approximate surface area is 252 Å². The summed E-state index contributed by atoms with van der Waals surface area (Å²) in [6.07, 6.45) is 33.7. The Balaban J connectivity index is 0.892. The third-order valence-corrected chi connectivity index (χ3v) is 16.4. The summed E-state index contributed by atoms with van der Waals surface area (Å²) >= 11 is 0. The van der Waals surface area contributed by atoms with Gasteiger partial charge in [0.25, 0.3) is 0 Å². The molecule has 2 N–H and O–H groups in total. The quantitative estimate of drug-likeness (QED) is 0.315. The lowest BCUT2D eigenvalue weighted by Crippen LogP contribution is -2.55. The van der Waals surface area contributed by atoms with Crippen LogP contribution in [-0.4, -0.2) is 21.4 Å². The minimum Gasteiger partial charge on any atom is -0.390 e. The van der Waals surface area contributed by atoms with Crippen molar-refractivity contribution in [3.63, 3.8) is 0 Å². The van der Waals surface area contributed by atoms with Gasteiger partial charge in [-0.3, -0.25) is 0 Å². The van der Waals surface area contributed by atoms with E-state index >= 15 is 0 Å². The Hall–Kier alpha value is -0.0800. The van der Waals surface area contributed by atoms with Crippen LogP contribution in [0.1, 0.15) is 161 Å². The van der Waals surface area contributed by atoms with Gasteiger partial charge in [-0.05, 0) is 174 Å². The standard InChI is InChI=1S/C39H64O2/c40-38(24-6-10-28-16-18-32-30-12-4-8-26(30)14-20-34(32)36(28)38)22-2-1-3-23-39(41)25-7-11-29-17-19-33-31-13-5-9-27(31)15-21-35(33)37(29)39/h26-37,40-41H,1-25H2/t26-,27-,28?,29?,30+,31+,32-,33-,34+,35+,36-,37-,38?,39?/m0/s1. The summed E-state index contributed by atoms with van der Waals surface area (Å²) in [7, 11) is 0. The van der Waals surface area contributed by atoms with E-state index in [1.54, 1.807) is 0 Å². The van der Waals surface area contributed by atoms with Crippen molar-refractivity contribution >= 4 is 0 Å². The summed E-state index contributed by atoms with van der Waals surface area (Å²) in [5.74, 6) is 10.4. The molecular formula is C39H64O2. The second-order valence-corrected chi connectivity index (χ2v) is 17.8. The molecule has 232 valence electrons. The van der Waals surface area contributed by atoms with Crippen molar-refractivity contribution in [2.75, 3.05) is 0 Å². The molecule has 41 heavy (non-hydrogen) atoms. The molecule has 0 heterocycles. The van der Waals surface area contributed by atoms with E-state index in [9.17, 15) is 10.2 Å². The fourth-order valence-corrected chi connectivity index (χ4v) is 15.1. The van der Waals surface area contributed by atoms with E-state index in [-0.39, 0.29) is 11.2 Å². The lowest BCUT2D eigenvalue weighted by molar-refractivity contribution is -0.151. The summed E-state index contributed by atoms with van der Waals surface area (Å²) in [4.78, 5) is 0. The lowest BCUT2D eigenvalue weighted by Gasteiger charge is -2.57. The zero-order chi connectivity index (χ0) is 27.6. The highest BCUT2D eigenvalue weighted by Crippen LogP contribution is 2.62. The van der Waals surface area contributed by atoms with Gasteiger partial charge in [0.05, 0.1) is 11.2 Å². The molecule has 0 aliphatic heterocycles. The molecule has 0 aromatic heterocycles. The van der Waals surface area contributed by atoms with Crippen LogP contribution in [-0.2, 0) is 0 Å². The van der Waals surface area contributed by atoms with Gasteiger partial charge >= 0.3 is 0 Å². The van der Waals surface area contributed by atoms with Crippen molar-refractivity contribution in [2.24, 2.45) is 71.0 Å². The van der Waals surface area contributed by atoms with Crippen molar-refractivity contribution in [2.45, 2.75) is 172 Å². The van der Waals surface area contributed by atoms with Gasteiger partial charge in [0.1, 0.15) is 0 Å². The molecule has 0 amide bonds. The van der Waals surface area contributed by atoms with Crippen LogP contribution >= 0.6 is 0 Å². The van der Waals surface area contributed by atoms with Crippen LogP contribution in [0, 0.1) is 71.0 Å². The lowest BCUT2D eigenvalue weighted by atomic mass is 9.49. The monoisotopic (exact) mass is 564 g/mol. The Bertz CT molecular complexity index is 843. The topological polar surface area (TPSA) is 40.5 Å². The molecule has 0 saturated heterocycles. The molecule has 0 aromatic carbocycles. The predicted octanol–water partition coefficient (Wildman–Crippen LogP) is 9.70. The smallest absolute Gasteiger partial charge is 0.0681 e. The van der Waals surface area contributed by atoms with Crippen LogP contribution < -0.4 is 0 Å². The third kappa shape index (κ3) is 4.93. The summed E-state index contributed by atoms with van der Waals surface area (Å²) in [6.45, 7) is 0. The highest BCUT2D eigenvalue weighted by Gasteiger charge is 2.57. The van der Waals surface area contributed by atoms with Gasteiger partial charge in [0.15, 0.2) is 0 Å². The minimum atomic E-state index is -0.388. The van der Waals surface area contributed by atoms with Crippen LogP contribution in [0.25, 0.3) is 0 Å². The maximum Gasteiger partial charge on any atom is 0.0681 e. The van der Waals surface area contributed by atoms with Gasteiger partial charge in [-0.1, -0.05) is 57.8 Å². The van der Waals surface area contributed by atoms with E-state index in [0.29, 0.717) is 11.8 Å². The molecule has 0 spiro atoms. The maximum absolute atomic E-state index is 12.4. The fraction of sp³-hybridized carbons (Fsp3) is 1.00. The molecule has 8 fully saturated rings. The molecule has 2 nitrogen and oxygen atoms in total. The van der Waals surface area contributed by atoms with Gasteiger partial charge < -0.3 is 10.2 Å². The molecule has 0 aromatic rings. The molecular weight excluding hydrogens is 500 g/mol. The number of fused-ring (bicyclic) bond motifs is 10. The van der Waals surface area contributed by atoms with Crippen molar-refractivity contribution in [1.82, 2.24) is 0 Å². The number of hydrogen-bond acceptors (Lipinski definition) is 2. The van der Waals surface area contributed by atoms with E-state index in [0.717, 1.165) is 84.9 Å². The normalized spacial score (nSPS) is 54.3. The van der Waals surface area contributed by atoms with Gasteiger partial charge in [-0.25, -0.2) is 0 Å². The van der Waals surface area contributed by atoms with E-state index < -0.39 is 0 Å². The molecule has 4 unspecified atom stereocenters. The molecule has 0 radical (unpaired) electrons. The molecule has 8 aliphatic carbocycles. The highest BCUT2D eigenvalue weighted by molar-refractivity contribution is 5.07. The van der Waals surface area contributed by atoms with E-state index in [4.69, 9.17) is 0 Å². The number of aliphatic hydroxyl groups is 2. The van der Waals surface area contributed by atoms with Crippen LogP contribution in [0.2, 0.25) is 0 Å². The van der Waals surface area contributed by atoms with Crippen LogP contribution in [0.4, 0.5) is 0 Å². The average molecular weight is 565 g/mol. The Kier molecular flexibility index (Phi) is 7.88. The predicted molar refractivity (Wildman–Crippen MR) is 167 cm³/mol. The largest absolute Gasteiger partial charge is 0.390 e. The first-order valence-corrected chi connectivity index (χ1v) is 19.5. The Morgan fingerprint density at radius 1 is 0.366 bits per heavy atom. The number of hydrogen-bond donors (Lipinski definition) is 2. The Morgan fingerprint density at radius 3 is 1.27 bits per heavy atom. The van der Waals surface area contributed by atoms with Crippen LogP contribution in [0.15, 0.2) is 0 Å².